The second-order valence-electron chi connectivity index (χ2n) is 5.68. The SMILES string of the molecule is Cc1cccc(CS(=O)(=O)NCc2ccc(-c3ccnn3C)o2)c1. The Bertz CT molecular complexity index is 941. The fraction of sp³-hybridized carbons (Fsp3) is 0.235. The zero-order chi connectivity index (χ0) is 17.2. The molecule has 0 amide bonds. The molecule has 0 bridgehead atoms. The van der Waals surface area contributed by atoms with Crippen LogP contribution in [0.25, 0.3) is 11.5 Å². The number of nitrogens with one attached hydrogen (secondary N) is 1. The average molecular weight is 345 g/mol. The smallest absolute Gasteiger partial charge is 0.216 e. The molecule has 0 atom stereocenters. The monoisotopic (exact) mass is 345 g/mol. The summed E-state index contributed by atoms with van der Waals surface area (Å²) in [6.45, 7) is 2.05. The third kappa shape index (κ3) is 3.93. The molecule has 0 aliphatic rings. The topological polar surface area (TPSA) is 77.1 Å². The Labute approximate surface area is 141 Å². The van der Waals surface area contributed by atoms with E-state index in [1.165, 1.54) is 0 Å². The molecule has 24 heavy (non-hydrogen) atoms. The molecular weight excluding hydrogens is 326 g/mol. The summed E-state index contributed by atoms with van der Waals surface area (Å²) >= 11 is 0. The number of sulfonamides is 1. The van der Waals surface area contributed by atoms with Gasteiger partial charge in [0.05, 0.1) is 12.3 Å². The van der Waals surface area contributed by atoms with Crippen LogP contribution in [0.3, 0.4) is 0 Å². The maximum absolute atomic E-state index is 12.2. The van der Waals surface area contributed by atoms with E-state index >= 15 is 0 Å². The van der Waals surface area contributed by atoms with Gasteiger partial charge in [-0.1, -0.05) is 29.8 Å². The van der Waals surface area contributed by atoms with E-state index < -0.39 is 10.0 Å². The summed E-state index contributed by atoms with van der Waals surface area (Å²) in [4.78, 5) is 0. The lowest BCUT2D eigenvalue weighted by molar-refractivity contribution is 0.505. The Morgan fingerprint density at radius 3 is 2.75 bits per heavy atom. The summed E-state index contributed by atoms with van der Waals surface area (Å²) in [6, 6.07) is 12.9. The van der Waals surface area contributed by atoms with Gasteiger partial charge in [-0.15, -0.1) is 0 Å². The highest BCUT2D eigenvalue weighted by atomic mass is 32.2. The fourth-order valence-corrected chi connectivity index (χ4v) is 3.56. The predicted molar refractivity (Wildman–Crippen MR) is 91.6 cm³/mol. The molecule has 0 spiro atoms. The van der Waals surface area contributed by atoms with Gasteiger partial charge < -0.3 is 4.42 Å². The van der Waals surface area contributed by atoms with E-state index in [2.05, 4.69) is 9.82 Å². The summed E-state index contributed by atoms with van der Waals surface area (Å²) < 4.78 is 34.4. The molecule has 0 aliphatic carbocycles. The number of nitrogens with zero attached hydrogens (tertiary/aromatic N) is 2. The lowest BCUT2D eigenvalue weighted by atomic mass is 10.2. The van der Waals surface area contributed by atoms with Crippen LogP contribution in [-0.4, -0.2) is 18.2 Å². The van der Waals surface area contributed by atoms with Crippen molar-refractivity contribution in [2.24, 2.45) is 7.05 Å². The second-order valence-corrected chi connectivity index (χ2v) is 7.48. The molecule has 126 valence electrons. The van der Waals surface area contributed by atoms with Gasteiger partial charge >= 0.3 is 0 Å². The number of hydrogen-bond acceptors (Lipinski definition) is 4. The van der Waals surface area contributed by atoms with Crippen LogP contribution in [-0.2, 0) is 29.4 Å². The van der Waals surface area contributed by atoms with Crippen molar-refractivity contribution in [1.29, 1.82) is 0 Å². The lowest BCUT2D eigenvalue weighted by Crippen LogP contribution is -2.24. The van der Waals surface area contributed by atoms with Crippen LogP contribution >= 0.6 is 0 Å². The van der Waals surface area contributed by atoms with E-state index in [0.717, 1.165) is 16.8 Å². The summed E-state index contributed by atoms with van der Waals surface area (Å²) in [6.07, 6.45) is 1.68. The van der Waals surface area contributed by atoms with Gasteiger partial charge in [0.1, 0.15) is 11.5 Å². The first-order valence-electron chi connectivity index (χ1n) is 7.53. The molecule has 0 saturated heterocycles. The molecule has 0 unspecified atom stereocenters. The van der Waals surface area contributed by atoms with Gasteiger partial charge in [0.15, 0.2) is 5.76 Å². The van der Waals surface area contributed by atoms with Crippen LogP contribution in [0.15, 0.2) is 53.1 Å². The molecule has 1 N–H and O–H groups in total. The van der Waals surface area contributed by atoms with Crippen molar-refractivity contribution < 1.29 is 12.8 Å². The van der Waals surface area contributed by atoms with E-state index in [0.29, 0.717) is 11.5 Å². The van der Waals surface area contributed by atoms with Crippen molar-refractivity contribution in [3.05, 3.63) is 65.5 Å². The van der Waals surface area contributed by atoms with Crippen molar-refractivity contribution in [3.8, 4) is 11.5 Å². The Kier molecular flexibility index (Phi) is 4.55. The maximum Gasteiger partial charge on any atom is 0.216 e. The summed E-state index contributed by atoms with van der Waals surface area (Å²) in [5.41, 5.74) is 2.64. The van der Waals surface area contributed by atoms with Crippen molar-refractivity contribution in [2.75, 3.05) is 0 Å². The third-order valence-corrected chi connectivity index (χ3v) is 4.94. The molecule has 3 rings (SSSR count). The average Bonchev–Trinajstić information content (AvgIpc) is 3.13. The van der Waals surface area contributed by atoms with Crippen LogP contribution in [0.4, 0.5) is 0 Å². The van der Waals surface area contributed by atoms with Gasteiger partial charge in [0.25, 0.3) is 0 Å². The molecule has 1 aromatic carbocycles. The Hall–Kier alpha value is -2.38. The number of rotatable bonds is 6. The molecule has 0 saturated carbocycles. The highest BCUT2D eigenvalue weighted by Crippen LogP contribution is 2.21. The van der Waals surface area contributed by atoms with E-state index in [1.54, 1.807) is 29.1 Å². The van der Waals surface area contributed by atoms with Gasteiger partial charge in [-0.05, 0) is 30.7 Å². The number of benzene rings is 1. The molecule has 6 nitrogen and oxygen atoms in total. The van der Waals surface area contributed by atoms with E-state index in [1.807, 2.05) is 38.2 Å². The van der Waals surface area contributed by atoms with Crippen LogP contribution in [0.1, 0.15) is 16.9 Å². The number of aryl methyl sites for hydroxylation is 2. The van der Waals surface area contributed by atoms with Crippen molar-refractivity contribution in [2.45, 2.75) is 19.2 Å². The first-order valence-corrected chi connectivity index (χ1v) is 9.18. The largest absolute Gasteiger partial charge is 0.458 e. The van der Waals surface area contributed by atoms with E-state index in [-0.39, 0.29) is 12.3 Å². The van der Waals surface area contributed by atoms with Gasteiger partial charge in [-0.3, -0.25) is 4.68 Å². The minimum absolute atomic E-state index is 0.0516. The van der Waals surface area contributed by atoms with Gasteiger partial charge in [0, 0.05) is 13.2 Å². The first-order chi connectivity index (χ1) is 11.4. The zero-order valence-electron chi connectivity index (χ0n) is 13.6. The minimum atomic E-state index is -3.43. The molecular formula is C17H19N3O3S. The molecule has 0 fully saturated rings. The van der Waals surface area contributed by atoms with Gasteiger partial charge in [0.2, 0.25) is 10.0 Å². The van der Waals surface area contributed by atoms with Crippen molar-refractivity contribution in [3.63, 3.8) is 0 Å². The van der Waals surface area contributed by atoms with Crippen LogP contribution in [0, 0.1) is 6.92 Å². The van der Waals surface area contributed by atoms with Crippen LogP contribution < -0.4 is 4.72 Å². The van der Waals surface area contributed by atoms with Gasteiger partial charge in [-0.25, -0.2) is 13.1 Å². The first kappa shape index (κ1) is 16.5. The van der Waals surface area contributed by atoms with Crippen LogP contribution in [0.2, 0.25) is 0 Å². The highest BCUT2D eigenvalue weighted by molar-refractivity contribution is 7.88. The maximum atomic E-state index is 12.2. The van der Waals surface area contributed by atoms with Gasteiger partial charge in [-0.2, -0.15) is 5.10 Å². The standard InChI is InChI=1S/C17H19N3O3S/c1-13-4-3-5-14(10-13)12-24(21,22)19-11-15-6-7-17(23-15)16-8-9-18-20(16)2/h3-10,19H,11-12H2,1-2H3. The van der Waals surface area contributed by atoms with E-state index in [9.17, 15) is 8.42 Å². The fourth-order valence-electron chi connectivity index (χ4n) is 2.48. The highest BCUT2D eigenvalue weighted by Gasteiger charge is 2.14. The Balaban J connectivity index is 1.65. The molecule has 2 aromatic heterocycles. The minimum Gasteiger partial charge on any atom is -0.458 e. The number of furan rings is 1. The summed E-state index contributed by atoms with van der Waals surface area (Å²) in [7, 11) is -1.61. The van der Waals surface area contributed by atoms with Crippen LogP contribution in [0.5, 0.6) is 0 Å². The molecule has 3 aromatic rings. The quantitative estimate of drug-likeness (QED) is 0.745. The number of aromatic nitrogens is 2. The van der Waals surface area contributed by atoms with E-state index in [4.69, 9.17) is 4.42 Å². The zero-order valence-corrected chi connectivity index (χ0v) is 14.4. The molecule has 0 radical (unpaired) electrons. The predicted octanol–water partition coefficient (Wildman–Crippen LogP) is 2.61. The molecule has 2 heterocycles. The summed E-state index contributed by atoms with van der Waals surface area (Å²) in [5.74, 6) is 1.16. The third-order valence-electron chi connectivity index (χ3n) is 3.64. The van der Waals surface area contributed by atoms with Crippen molar-refractivity contribution >= 4 is 10.0 Å². The second kappa shape index (κ2) is 6.62. The molecule has 0 aliphatic heterocycles. The number of hydrogen-bond donors (Lipinski definition) is 1. The normalized spacial score (nSPS) is 11.8. The Morgan fingerprint density at radius 2 is 2.04 bits per heavy atom. The lowest BCUT2D eigenvalue weighted by Gasteiger charge is -2.06. The van der Waals surface area contributed by atoms with Crippen molar-refractivity contribution in [1.82, 2.24) is 14.5 Å². The molecule has 7 heteroatoms. The summed E-state index contributed by atoms with van der Waals surface area (Å²) in [5, 5.41) is 4.09. The Morgan fingerprint density at radius 1 is 1.21 bits per heavy atom.